The predicted molar refractivity (Wildman–Crippen MR) is 71.2 cm³/mol. The monoisotopic (exact) mass is 276 g/mol. The summed E-state index contributed by atoms with van der Waals surface area (Å²) in [6.45, 7) is 0.498. The summed E-state index contributed by atoms with van der Waals surface area (Å²) in [5, 5.41) is 15.6. The van der Waals surface area contributed by atoms with Crippen molar-refractivity contribution in [3.63, 3.8) is 0 Å². The van der Waals surface area contributed by atoms with Gasteiger partial charge in [0, 0.05) is 12.8 Å². The van der Waals surface area contributed by atoms with E-state index in [1.165, 1.54) is 16.3 Å². The summed E-state index contributed by atoms with van der Waals surface area (Å²) >= 11 is 1.44. The molecule has 0 aliphatic carbocycles. The summed E-state index contributed by atoms with van der Waals surface area (Å²) < 4.78 is 6.97. The molecule has 1 aromatic heterocycles. The average molecular weight is 276 g/mol. The Labute approximate surface area is 114 Å². The number of H-pyrrole nitrogens is 1. The van der Waals surface area contributed by atoms with Gasteiger partial charge in [-0.25, -0.2) is 9.89 Å². The van der Waals surface area contributed by atoms with Gasteiger partial charge in [-0.15, -0.1) is 5.10 Å². The fourth-order valence-corrected chi connectivity index (χ4v) is 2.12. The lowest BCUT2D eigenvalue weighted by molar-refractivity contribution is 0.344. The highest BCUT2D eigenvalue weighted by molar-refractivity contribution is 7.99. The van der Waals surface area contributed by atoms with E-state index in [-0.39, 0.29) is 5.69 Å². The molecular formula is C12H12N4O2S. The van der Waals surface area contributed by atoms with Crippen molar-refractivity contribution in [1.29, 1.82) is 5.26 Å². The van der Waals surface area contributed by atoms with Gasteiger partial charge >= 0.3 is 5.69 Å². The van der Waals surface area contributed by atoms with Crippen molar-refractivity contribution in [3.8, 4) is 11.8 Å². The van der Waals surface area contributed by atoms with E-state index in [4.69, 9.17) is 10.00 Å². The van der Waals surface area contributed by atoms with E-state index >= 15 is 0 Å². The van der Waals surface area contributed by atoms with Crippen LogP contribution in [0.2, 0.25) is 0 Å². The molecule has 0 radical (unpaired) electrons. The van der Waals surface area contributed by atoms with Gasteiger partial charge in [0.05, 0.1) is 18.2 Å². The number of ether oxygens (including phenoxy) is 1. The summed E-state index contributed by atoms with van der Waals surface area (Å²) in [5.41, 5.74) is 0.378. The quantitative estimate of drug-likeness (QED) is 0.654. The van der Waals surface area contributed by atoms with Crippen LogP contribution in [0.15, 0.2) is 34.2 Å². The van der Waals surface area contributed by atoms with Gasteiger partial charge in [-0.05, 0) is 24.3 Å². The van der Waals surface area contributed by atoms with Gasteiger partial charge in [0.25, 0.3) is 0 Å². The first-order chi connectivity index (χ1) is 9.20. The second-order valence-corrected chi connectivity index (χ2v) is 4.77. The van der Waals surface area contributed by atoms with Crippen molar-refractivity contribution in [3.05, 3.63) is 40.3 Å². The Balaban J connectivity index is 1.79. The van der Waals surface area contributed by atoms with E-state index < -0.39 is 0 Å². The van der Waals surface area contributed by atoms with Crippen molar-refractivity contribution in [1.82, 2.24) is 14.8 Å². The number of hydrogen-bond acceptors (Lipinski definition) is 5. The highest BCUT2D eigenvalue weighted by Gasteiger charge is 2.04. The van der Waals surface area contributed by atoms with Crippen LogP contribution in [-0.4, -0.2) is 27.1 Å². The number of nitrogens with zero attached hydrogens (tertiary/aromatic N) is 3. The van der Waals surface area contributed by atoms with Crippen molar-refractivity contribution in [2.45, 2.75) is 5.16 Å². The SMILES string of the molecule is Cn1c(SCCOc2ccc(C#N)cc2)n[nH]c1=O. The van der Waals surface area contributed by atoms with E-state index in [0.29, 0.717) is 23.1 Å². The largest absolute Gasteiger partial charge is 0.493 e. The average Bonchev–Trinajstić information content (AvgIpc) is 2.76. The van der Waals surface area contributed by atoms with Gasteiger partial charge < -0.3 is 4.74 Å². The standard InChI is InChI=1S/C12H12N4O2S/c1-16-11(17)14-15-12(16)19-7-6-18-10-4-2-9(8-13)3-5-10/h2-5H,6-7H2,1H3,(H,14,17). The second-order valence-electron chi connectivity index (χ2n) is 3.70. The molecule has 0 amide bonds. The molecular weight excluding hydrogens is 264 g/mol. The van der Waals surface area contributed by atoms with Crippen LogP contribution < -0.4 is 10.4 Å². The zero-order valence-electron chi connectivity index (χ0n) is 10.3. The van der Waals surface area contributed by atoms with Gasteiger partial charge in [-0.2, -0.15) is 5.26 Å². The third-order valence-electron chi connectivity index (χ3n) is 2.41. The van der Waals surface area contributed by atoms with E-state index in [2.05, 4.69) is 10.2 Å². The molecule has 2 rings (SSSR count). The van der Waals surface area contributed by atoms with Crippen molar-refractivity contribution >= 4 is 11.8 Å². The maximum atomic E-state index is 11.1. The molecule has 0 saturated heterocycles. The first-order valence-electron chi connectivity index (χ1n) is 5.58. The molecule has 0 aliphatic heterocycles. The van der Waals surface area contributed by atoms with E-state index in [1.807, 2.05) is 6.07 Å². The zero-order valence-corrected chi connectivity index (χ0v) is 11.1. The first-order valence-corrected chi connectivity index (χ1v) is 6.56. The second kappa shape index (κ2) is 6.11. The normalized spacial score (nSPS) is 10.1. The number of hydrogen-bond donors (Lipinski definition) is 1. The van der Waals surface area contributed by atoms with Crippen LogP contribution >= 0.6 is 11.8 Å². The number of nitrogens with one attached hydrogen (secondary N) is 1. The molecule has 0 aliphatic rings. The van der Waals surface area contributed by atoms with E-state index in [9.17, 15) is 4.79 Å². The molecule has 19 heavy (non-hydrogen) atoms. The lowest BCUT2D eigenvalue weighted by atomic mass is 10.2. The molecule has 0 saturated carbocycles. The molecule has 1 N–H and O–H groups in total. The van der Waals surface area contributed by atoms with Crippen LogP contribution in [0.3, 0.4) is 0 Å². The number of aromatic amines is 1. The van der Waals surface area contributed by atoms with Gasteiger partial charge in [0.1, 0.15) is 5.75 Å². The Kier molecular flexibility index (Phi) is 4.26. The minimum absolute atomic E-state index is 0.226. The van der Waals surface area contributed by atoms with Crippen LogP contribution in [-0.2, 0) is 7.05 Å². The minimum Gasteiger partial charge on any atom is -0.493 e. The molecule has 0 fully saturated rings. The Morgan fingerprint density at radius 3 is 2.79 bits per heavy atom. The van der Waals surface area contributed by atoms with Crippen LogP contribution in [0.5, 0.6) is 5.75 Å². The smallest absolute Gasteiger partial charge is 0.343 e. The molecule has 0 unspecified atom stereocenters. The maximum Gasteiger partial charge on any atom is 0.343 e. The lowest BCUT2D eigenvalue weighted by Gasteiger charge is -2.05. The zero-order chi connectivity index (χ0) is 13.7. The summed E-state index contributed by atoms with van der Waals surface area (Å²) in [5.74, 6) is 1.40. The molecule has 6 nitrogen and oxygen atoms in total. The van der Waals surface area contributed by atoms with Gasteiger partial charge in [-0.3, -0.25) is 4.57 Å². The maximum absolute atomic E-state index is 11.1. The molecule has 98 valence electrons. The Morgan fingerprint density at radius 1 is 1.47 bits per heavy atom. The molecule has 1 heterocycles. The topological polar surface area (TPSA) is 83.7 Å². The summed E-state index contributed by atoms with van der Waals surface area (Å²) in [6.07, 6.45) is 0. The van der Waals surface area contributed by atoms with Crippen molar-refractivity contribution < 1.29 is 4.74 Å². The fourth-order valence-electron chi connectivity index (χ4n) is 1.38. The number of aromatic nitrogens is 3. The Morgan fingerprint density at radius 2 is 2.21 bits per heavy atom. The third kappa shape index (κ3) is 3.39. The van der Waals surface area contributed by atoms with Gasteiger partial charge in [-0.1, -0.05) is 11.8 Å². The highest BCUT2D eigenvalue weighted by Crippen LogP contribution is 2.14. The van der Waals surface area contributed by atoms with Crippen molar-refractivity contribution in [2.24, 2.45) is 7.05 Å². The molecule has 1 aromatic carbocycles. The Hall–Kier alpha value is -2.20. The molecule has 0 atom stereocenters. The van der Waals surface area contributed by atoms with E-state index in [1.54, 1.807) is 31.3 Å². The van der Waals surface area contributed by atoms with Crippen LogP contribution in [0.4, 0.5) is 0 Å². The Bertz CT molecular complexity index is 639. The number of benzene rings is 1. The van der Waals surface area contributed by atoms with Crippen LogP contribution in [0, 0.1) is 11.3 Å². The summed E-state index contributed by atoms with van der Waals surface area (Å²) in [4.78, 5) is 11.1. The summed E-state index contributed by atoms with van der Waals surface area (Å²) in [6, 6.07) is 8.98. The lowest BCUT2D eigenvalue weighted by Crippen LogP contribution is -2.13. The molecule has 0 bridgehead atoms. The van der Waals surface area contributed by atoms with Crippen molar-refractivity contribution in [2.75, 3.05) is 12.4 Å². The first kappa shape index (κ1) is 13.2. The fraction of sp³-hybridized carbons (Fsp3) is 0.250. The van der Waals surface area contributed by atoms with E-state index in [0.717, 1.165) is 5.75 Å². The molecule has 2 aromatic rings. The number of nitriles is 1. The summed E-state index contributed by atoms with van der Waals surface area (Å²) in [7, 11) is 1.66. The number of thioether (sulfide) groups is 1. The predicted octanol–water partition coefficient (Wildman–Crippen LogP) is 1.15. The van der Waals surface area contributed by atoms with Crippen LogP contribution in [0.1, 0.15) is 5.56 Å². The number of rotatable bonds is 5. The molecule has 7 heteroatoms. The van der Waals surface area contributed by atoms with Gasteiger partial charge in [0.2, 0.25) is 0 Å². The highest BCUT2D eigenvalue weighted by atomic mass is 32.2. The van der Waals surface area contributed by atoms with Crippen LogP contribution in [0.25, 0.3) is 0 Å². The molecule has 0 spiro atoms. The minimum atomic E-state index is -0.226. The van der Waals surface area contributed by atoms with Gasteiger partial charge in [0.15, 0.2) is 5.16 Å². The third-order valence-corrected chi connectivity index (χ3v) is 3.40.